The highest BCUT2D eigenvalue weighted by atomic mass is 32.1. The van der Waals surface area contributed by atoms with Gasteiger partial charge in [-0.05, 0) is 19.8 Å². The van der Waals surface area contributed by atoms with E-state index in [1.54, 1.807) is 6.92 Å². The average molecular weight is 168 g/mol. The number of hydrogen-bond acceptors (Lipinski definition) is 4. The number of aryl methyl sites for hydroxylation is 1. The lowest BCUT2D eigenvalue weighted by Gasteiger charge is -1.84. The van der Waals surface area contributed by atoms with Crippen molar-refractivity contribution in [3.63, 3.8) is 0 Å². The third-order valence-electron chi connectivity index (χ3n) is 0.914. The summed E-state index contributed by atoms with van der Waals surface area (Å²) in [7, 11) is 0. The smallest absolute Gasteiger partial charge is 0.191 e. The fraction of sp³-hybridized carbons (Fsp3) is 0.429. The zero-order chi connectivity index (χ0) is 8.27. The van der Waals surface area contributed by atoms with E-state index in [1.807, 2.05) is 6.92 Å². The van der Waals surface area contributed by atoms with Gasteiger partial charge in [-0.1, -0.05) is 17.3 Å². The molecule has 1 aromatic rings. The van der Waals surface area contributed by atoms with E-state index in [1.165, 1.54) is 11.3 Å². The molecule has 0 unspecified atom stereocenters. The van der Waals surface area contributed by atoms with E-state index in [4.69, 9.17) is 5.11 Å². The Morgan fingerprint density at radius 2 is 2.27 bits per heavy atom. The van der Waals surface area contributed by atoms with Crippen molar-refractivity contribution in [3.8, 4) is 11.8 Å². The first-order valence-corrected chi connectivity index (χ1v) is 4.00. The number of aliphatic hydroxyl groups excluding tert-OH is 1. The maximum atomic E-state index is 8.80. The van der Waals surface area contributed by atoms with Crippen LogP contribution < -0.4 is 0 Å². The average Bonchev–Trinajstić information content (AvgIpc) is 2.31. The predicted molar refractivity (Wildman–Crippen MR) is 43.2 cm³/mol. The lowest BCUT2D eigenvalue weighted by atomic mass is 10.4. The van der Waals surface area contributed by atoms with E-state index in [0.29, 0.717) is 5.01 Å². The van der Waals surface area contributed by atoms with Crippen molar-refractivity contribution in [2.24, 2.45) is 0 Å². The molecule has 1 rings (SSSR count). The molecule has 0 radical (unpaired) electrons. The largest absolute Gasteiger partial charge is 0.381 e. The number of hydrogen-bond donors (Lipinski definition) is 1. The van der Waals surface area contributed by atoms with E-state index in [2.05, 4.69) is 22.0 Å². The summed E-state index contributed by atoms with van der Waals surface area (Å²) in [5, 5.41) is 17.9. The van der Waals surface area contributed by atoms with Crippen molar-refractivity contribution in [2.45, 2.75) is 20.0 Å². The third kappa shape index (κ3) is 2.66. The lowest BCUT2D eigenvalue weighted by Crippen LogP contribution is -1.92. The molecule has 0 aliphatic rings. The van der Waals surface area contributed by atoms with Crippen LogP contribution in [0.1, 0.15) is 16.9 Å². The molecule has 0 saturated carbocycles. The molecular weight excluding hydrogens is 160 g/mol. The molecule has 3 nitrogen and oxygen atoms in total. The molecule has 0 saturated heterocycles. The minimum Gasteiger partial charge on any atom is -0.381 e. The number of aliphatic hydroxyl groups is 1. The number of nitrogens with zero attached hydrogens (tertiary/aromatic N) is 2. The fourth-order valence-corrected chi connectivity index (χ4v) is 1.07. The van der Waals surface area contributed by atoms with Crippen LogP contribution in [-0.2, 0) is 0 Å². The topological polar surface area (TPSA) is 46.0 Å². The van der Waals surface area contributed by atoms with Crippen LogP contribution in [-0.4, -0.2) is 21.4 Å². The Bertz CT molecular complexity index is 295. The van der Waals surface area contributed by atoms with Crippen LogP contribution in [0.4, 0.5) is 0 Å². The van der Waals surface area contributed by atoms with Gasteiger partial charge >= 0.3 is 0 Å². The lowest BCUT2D eigenvalue weighted by molar-refractivity contribution is 0.253. The molecule has 4 heteroatoms. The quantitative estimate of drug-likeness (QED) is 0.576. The van der Waals surface area contributed by atoms with E-state index in [-0.39, 0.29) is 0 Å². The van der Waals surface area contributed by atoms with Crippen LogP contribution in [0.2, 0.25) is 0 Å². The first kappa shape index (κ1) is 8.18. The van der Waals surface area contributed by atoms with E-state index in [9.17, 15) is 0 Å². The van der Waals surface area contributed by atoms with Crippen molar-refractivity contribution in [1.82, 2.24) is 10.2 Å². The molecule has 0 bridgehead atoms. The van der Waals surface area contributed by atoms with Crippen LogP contribution in [0.3, 0.4) is 0 Å². The molecule has 0 aromatic carbocycles. The van der Waals surface area contributed by atoms with E-state index < -0.39 is 6.10 Å². The highest BCUT2D eigenvalue weighted by Crippen LogP contribution is 2.05. The van der Waals surface area contributed by atoms with Gasteiger partial charge in [0.2, 0.25) is 0 Å². The Morgan fingerprint density at radius 3 is 2.73 bits per heavy atom. The summed E-state index contributed by atoms with van der Waals surface area (Å²) >= 11 is 1.42. The van der Waals surface area contributed by atoms with E-state index in [0.717, 1.165) is 5.01 Å². The summed E-state index contributed by atoms with van der Waals surface area (Å²) < 4.78 is 0. The SMILES string of the molecule is Cc1nnc(C#C[C@H](C)O)s1. The van der Waals surface area contributed by atoms with Gasteiger partial charge in [0.1, 0.15) is 11.1 Å². The van der Waals surface area contributed by atoms with Crippen molar-refractivity contribution >= 4 is 11.3 Å². The summed E-state index contributed by atoms with van der Waals surface area (Å²) in [5.74, 6) is 5.30. The van der Waals surface area contributed by atoms with Gasteiger partial charge in [-0.25, -0.2) is 0 Å². The van der Waals surface area contributed by atoms with Gasteiger partial charge in [-0.3, -0.25) is 0 Å². The zero-order valence-electron chi connectivity index (χ0n) is 6.33. The molecule has 0 aliphatic carbocycles. The molecule has 0 spiro atoms. The molecule has 1 aromatic heterocycles. The summed E-state index contributed by atoms with van der Waals surface area (Å²) in [6, 6.07) is 0. The summed E-state index contributed by atoms with van der Waals surface area (Å²) in [6.07, 6.45) is -0.598. The minimum atomic E-state index is -0.598. The highest BCUT2D eigenvalue weighted by molar-refractivity contribution is 7.11. The molecule has 1 heterocycles. The summed E-state index contributed by atoms with van der Waals surface area (Å²) in [6.45, 7) is 3.48. The highest BCUT2D eigenvalue weighted by Gasteiger charge is 1.94. The van der Waals surface area contributed by atoms with Gasteiger partial charge in [0.05, 0.1) is 0 Å². The second-order valence-electron chi connectivity index (χ2n) is 2.07. The Balaban J connectivity index is 2.74. The molecule has 1 N–H and O–H groups in total. The van der Waals surface area contributed by atoms with E-state index >= 15 is 0 Å². The van der Waals surface area contributed by atoms with Crippen LogP contribution >= 0.6 is 11.3 Å². The zero-order valence-corrected chi connectivity index (χ0v) is 7.14. The maximum absolute atomic E-state index is 8.80. The van der Waals surface area contributed by atoms with Crippen LogP contribution in [0, 0.1) is 18.8 Å². The minimum absolute atomic E-state index is 0.598. The Morgan fingerprint density at radius 1 is 1.55 bits per heavy atom. The van der Waals surface area contributed by atoms with Crippen molar-refractivity contribution in [3.05, 3.63) is 10.0 Å². The Kier molecular flexibility index (Phi) is 2.58. The number of aromatic nitrogens is 2. The predicted octanol–water partition coefficient (Wildman–Crippen LogP) is 0.579. The van der Waals surface area contributed by atoms with Crippen LogP contribution in [0.25, 0.3) is 0 Å². The van der Waals surface area contributed by atoms with Gasteiger partial charge in [0.15, 0.2) is 5.01 Å². The number of rotatable bonds is 0. The van der Waals surface area contributed by atoms with Crippen LogP contribution in [0.15, 0.2) is 0 Å². The monoisotopic (exact) mass is 168 g/mol. The second kappa shape index (κ2) is 3.46. The molecule has 0 amide bonds. The van der Waals surface area contributed by atoms with Gasteiger partial charge in [-0.15, -0.1) is 10.2 Å². The molecular formula is C7H8N2OS. The first-order valence-electron chi connectivity index (χ1n) is 3.18. The van der Waals surface area contributed by atoms with Crippen molar-refractivity contribution < 1.29 is 5.11 Å². The molecule has 58 valence electrons. The molecule has 0 aliphatic heterocycles. The Hall–Kier alpha value is -0.920. The third-order valence-corrected chi connectivity index (χ3v) is 1.67. The molecule has 1 atom stereocenters. The summed E-state index contributed by atoms with van der Waals surface area (Å²) in [4.78, 5) is 0. The molecule has 0 fully saturated rings. The molecule has 11 heavy (non-hydrogen) atoms. The van der Waals surface area contributed by atoms with Gasteiger partial charge in [0.25, 0.3) is 0 Å². The van der Waals surface area contributed by atoms with Gasteiger partial charge in [-0.2, -0.15) is 0 Å². The second-order valence-corrected chi connectivity index (χ2v) is 3.25. The Labute approximate surface area is 69.1 Å². The standard InChI is InChI=1S/C7H8N2OS/c1-5(10)3-4-7-9-8-6(2)11-7/h5,10H,1-2H3/t5-/m0/s1. The van der Waals surface area contributed by atoms with Gasteiger partial charge in [0, 0.05) is 0 Å². The first-order chi connectivity index (χ1) is 5.18. The van der Waals surface area contributed by atoms with Gasteiger partial charge < -0.3 is 5.11 Å². The normalized spacial score (nSPS) is 11.9. The fourth-order valence-electron chi connectivity index (χ4n) is 0.513. The van der Waals surface area contributed by atoms with Crippen molar-refractivity contribution in [1.29, 1.82) is 0 Å². The maximum Gasteiger partial charge on any atom is 0.191 e. The van der Waals surface area contributed by atoms with Crippen LogP contribution in [0.5, 0.6) is 0 Å². The summed E-state index contributed by atoms with van der Waals surface area (Å²) in [5.41, 5.74) is 0. The van der Waals surface area contributed by atoms with Crippen molar-refractivity contribution in [2.75, 3.05) is 0 Å².